The number of aliphatic hydroxyl groups is 1. The Labute approximate surface area is 409 Å². The molecule has 70 heavy (non-hydrogen) atoms. The van der Waals surface area contributed by atoms with Crippen LogP contribution in [0.15, 0.2) is 4.99 Å². The van der Waals surface area contributed by atoms with Crippen LogP contribution in [0.2, 0.25) is 0 Å². The predicted octanol–water partition coefficient (Wildman–Crippen LogP) is -4.44. The van der Waals surface area contributed by atoms with E-state index in [4.69, 9.17) is 22.9 Å². The van der Waals surface area contributed by atoms with Crippen molar-refractivity contribution in [1.29, 1.82) is 0 Å². The Hall–Kier alpha value is -6.44. The number of aliphatic imine (C=N–C) groups is 1. The second-order valence-corrected chi connectivity index (χ2v) is 17.5. The first-order chi connectivity index (χ1) is 32.9. The molecule has 0 aliphatic carbocycles. The van der Waals surface area contributed by atoms with E-state index in [9.17, 15) is 57.8 Å². The van der Waals surface area contributed by atoms with Crippen LogP contribution < -0.4 is 60.2 Å². The smallest absolute Gasteiger partial charge is 0.252 e. The number of guanidine groups is 1. The number of hydrogen-bond acceptors (Lipinski definition) is 14. The molecule has 1 aliphatic rings. The second kappa shape index (κ2) is 31.6. The Kier molecular flexibility index (Phi) is 27.8. The summed E-state index contributed by atoms with van der Waals surface area (Å²) < 4.78 is 0. The first-order valence-electron chi connectivity index (χ1n) is 23.8. The van der Waals surface area contributed by atoms with Crippen LogP contribution in [-0.2, 0) is 52.7 Å². The topological polar surface area (TPSA) is 415 Å². The van der Waals surface area contributed by atoms with Crippen LogP contribution in [-0.4, -0.2) is 167 Å². The van der Waals surface area contributed by atoms with E-state index < -0.39 is 139 Å². The fraction of sp³-hybridized carbons (Fsp3) is 0.727. The highest BCUT2D eigenvalue weighted by Crippen LogP contribution is 2.21. The highest BCUT2D eigenvalue weighted by atomic mass is 16.3. The summed E-state index contributed by atoms with van der Waals surface area (Å²) in [6.45, 7) is 9.90. The van der Waals surface area contributed by atoms with E-state index in [0.29, 0.717) is 37.1 Å². The van der Waals surface area contributed by atoms with Crippen molar-refractivity contribution in [3.05, 3.63) is 0 Å². The molecule has 0 aromatic heterocycles. The van der Waals surface area contributed by atoms with Crippen LogP contribution in [0, 0.1) is 11.8 Å². The molecular weight excluding hydrogens is 917 g/mol. The van der Waals surface area contributed by atoms with Crippen molar-refractivity contribution >= 4 is 70.9 Å². The normalized spacial score (nSPS) is 16.1. The molecule has 11 amide bonds. The fourth-order valence-corrected chi connectivity index (χ4v) is 7.56. The number of nitrogens with one attached hydrogen (secondary N) is 7. The van der Waals surface area contributed by atoms with Crippen molar-refractivity contribution in [2.75, 3.05) is 39.3 Å². The van der Waals surface area contributed by atoms with E-state index in [-0.39, 0.29) is 57.2 Å². The van der Waals surface area contributed by atoms with Crippen LogP contribution >= 0.6 is 0 Å². The second-order valence-electron chi connectivity index (χ2n) is 17.5. The zero-order valence-electron chi connectivity index (χ0n) is 41.6. The van der Waals surface area contributed by atoms with Gasteiger partial charge in [-0.2, -0.15) is 0 Å². The van der Waals surface area contributed by atoms with Crippen molar-refractivity contribution in [3.8, 4) is 0 Å². The summed E-state index contributed by atoms with van der Waals surface area (Å²) >= 11 is 0. The summed E-state index contributed by atoms with van der Waals surface area (Å²) in [4.78, 5) is 153. The number of hydrogen-bond donors (Lipinski definition) is 12. The van der Waals surface area contributed by atoms with Gasteiger partial charge in [-0.1, -0.05) is 34.1 Å². The van der Waals surface area contributed by atoms with Crippen molar-refractivity contribution in [3.63, 3.8) is 0 Å². The van der Waals surface area contributed by atoms with Gasteiger partial charge in [-0.3, -0.25) is 62.6 Å². The van der Waals surface area contributed by atoms with Crippen molar-refractivity contribution in [1.82, 2.24) is 47.0 Å². The van der Waals surface area contributed by atoms with Gasteiger partial charge < -0.3 is 70.2 Å². The molecule has 1 fully saturated rings. The van der Waals surface area contributed by atoms with E-state index >= 15 is 0 Å². The van der Waals surface area contributed by atoms with Gasteiger partial charge in [0, 0.05) is 39.9 Å². The summed E-state index contributed by atoms with van der Waals surface area (Å²) in [5.74, 6) is -10.2. The molecule has 0 aromatic rings. The molecule has 0 spiro atoms. The number of unbranched alkanes of at least 4 members (excludes halogenated alkanes) is 1. The van der Waals surface area contributed by atoms with Crippen LogP contribution in [0.25, 0.3) is 0 Å². The fourth-order valence-electron chi connectivity index (χ4n) is 7.56. The highest BCUT2D eigenvalue weighted by molar-refractivity contribution is 6.04. The monoisotopic (exact) mass is 995 g/mol. The third-order valence-electron chi connectivity index (χ3n) is 11.5. The Balaban J connectivity index is 3.61. The number of carbonyl (C=O) groups is 11. The van der Waals surface area contributed by atoms with Gasteiger partial charge in [-0.15, -0.1) is 0 Å². The zero-order chi connectivity index (χ0) is 53.2. The molecule has 1 saturated heterocycles. The minimum absolute atomic E-state index is 0.0224. The van der Waals surface area contributed by atoms with E-state index in [1.54, 1.807) is 34.6 Å². The third kappa shape index (κ3) is 20.7. The molecule has 26 heteroatoms. The number of primary amides is 1. The van der Waals surface area contributed by atoms with Gasteiger partial charge in [0.1, 0.15) is 42.3 Å². The zero-order valence-corrected chi connectivity index (χ0v) is 41.6. The van der Waals surface area contributed by atoms with Gasteiger partial charge >= 0.3 is 0 Å². The molecule has 0 bridgehead atoms. The quantitative estimate of drug-likeness (QED) is 0.0177. The van der Waals surface area contributed by atoms with Gasteiger partial charge in [0.05, 0.1) is 13.2 Å². The minimum Gasteiger partial charge on any atom is -0.394 e. The van der Waals surface area contributed by atoms with Crippen molar-refractivity contribution in [2.45, 2.75) is 155 Å². The van der Waals surface area contributed by atoms with Gasteiger partial charge in [0.2, 0.25) is 59.1 Å². The molecule has 0 saturated carbocycles. The molecular formula is C44H78N14O12. The number of nitrogens with zero attached hydrogens (tertiary/aromatic N) is 3. The number of aliphatic hydroxyl groups excluding tert-OH is 1. The molecule has 16 N–H and O–H groups in total. The maximum atomic E-state index is 14.6. The van der Waals surface area contributed by atoms with Crippen molar-refractivity contribution in [2.24, 2.45) is 39.8 Å². The maximum absolute atomic E-state index is 14.6. The molecule has 0 unspecified atom stereocenters. The lowest BCUT2D eigenvalue weighted by Crippen LogP contribution is -2.62. The number of nitrogens with two attached hydrogens (primary N) is 4. The molecule has 26 nitrogen and oxygen atoms in total. The first kappa shape index (κ1) is 61.6. The van der Waals surface area contributed by atoms with Crippen LogP contribution in [0.3, 0.4) is 0 Å². The highest BCUT2D eigenvalue weighted by Gasteiger charge is 2.42. The lowest BCUT2D eigenvalue weighted by Gasteiger charge is -2.34. The molecule has 1 rings (SSSR count). The number of imide groups is 1. The number of rotatable bonds is 31. The molecule has 8 atom stereocenters. The predicted molar refractivity (Wildman–Crippen MR) is 256 cm³/mol. The number of carbonyl (C=O) groups excluding carboxylic acids is 11. The summed E-state index contributed by atoms with van der Waals surface area (Å²) in [5, 5.41) is 28.0. The number of likely N-dealkylation sites (tertiary alicyclic amines) is 1. The number of amides is 11. The lowest BCUT2D eigenvalue weighted by atomic mass is 9.96. The summed E-state index contributed by atoms with van der Waals surface area (Å²) in [5.41, 5.74) is 22.2. The van der Waals surface area contributed by atoms with E-state index in [0.717, 1.165) is 6.92 Å². The maximum Gasteiger partial charge on any atom is 0.252 e. The average molecular weight is 995 g/mol. The molecule has 0 radical (unpaired) electrons. The summed E-state index contributed by atoms with van der Waals surface area (Å²) in [7, 11) is 0. The van der Waals surface area contributed by atoms with E-state index in [2.05, 4.69) is 42.2 Å². The molecule has 1 aliphatic heterocycles. The van der Waals surface area contributed by atoms with Crippen molar-refractivity contribution < 1.29 is 57.8 Å². The Bertz CT molecular complexity index is 1860. The molecule has 1 heterocycles. The Morgan fingerprint density at radius 3 is 1.91 bits per heavy atom. The Morgan fingerprint density at radius 2 is 1.37 bits per heavy atom. The SMILES string of the molecule is CCNC(=O)[C@@H]1CCCN1C(=O)[C@H](CCCN=C(N)N)NC(=O)[C@H](CCCCN)N(C(C)=O)C(=O)[C@H](CCC(N)=O)NC(=O)[C@H](CO)NC(=O)[C@H](NC(=O)[C@@H](NC(=O)CNC(C)=O)C(C)C)[C@H](C)CC. The summed E-state index contributed by atoms with van der Waals surface area (Å²) in [6.07, 6.45) is 0.733. The largest absolute Gasteiger partial charge is 0.394 e. The van der Waals surface area contributed by atoms with Gasteiger partial charge in [-0.25, -0.2) is 0 Å². The third-order valence-corrected chi connectivity index (χ3v) is 11.5. The van der Waals surface area contributed by atoms with E-state index in [1.165, 1.54) is 11.8 Å². The first-order valence-corrected chi connectivity index (χ1v) is 23.8. The standard InChI is InChI=1S/C44H78N14O12/c1-8-25(5)36(56-40(67)35(24(3)4)55-34(63)22-51-26(6)60)41(68)54-30(23-59)37(64)52-29(17-18-33(46)62)43(70)58(27(7)61)32(15-10-11-19-45)39(66)53-28(14-12-20-50-44(47)48)42(69)57-21-13-16-31(57)38(65)49-9-2/h24-25,28-32,35-36,59H,8-23,45H2,1-7H3,(H2,46,62)(H,49,65)(H,51,60)(H,52,64)(H,53,66)(H,54,68)(H,55,63)(H,56,67)(H4,47,48,50)/t25-,28+,29+,30+,31+,32+,35+,36-/m1/s1. The van der Waals surface area contributed by atoms with Crippen LogP contribution in [0.4, 0.5) is 0 Å². The van der Waals surface area contributed by atoms with Gasteiger partial charge in [0.25, 0.3) is 5.91 Å². The van der Waals surface area contributed by atoms with Crippen LogP contribution in [0.1, 0.15) is 113 Å². The van der Waals surface area contributed by atoms with Gasteiger partial charge in [0.15, 0.2) is 5.96 Å². The lowest BCUT2D eigenvalue weighted by molar-refractivity contribution is -0.154. The Morgan fingerprint density at radius 1 is 0.743 bits per heavy atom. The average Bonchev–Trinajstić information content (AvgIpc) is 3.79. The molecule has 396 valence electrons. The van der Waals surface area contributed by atoms with E-state index in [1.807, 2.05) is 0 Å². The minimum atomic E-state index is -1.79. The van der Waals surface area contributed by atoms with Crippen LogP contribution in [0.5, 0.6) is 0 Å². The summed E-state index contributed by atoms with van der Waals surface area (Å²) in [6, 6.07) is -9.75. The van der Waals surface area contributed by atoms with Gasteiger partial charge in [-0.05, 0) is 76.7 Å². The number of likely N-dealkylation sites (N-methyl/N-ethyl adjacent to an activating group) is 1. The molecule has 0 aromatic carbocycles.